The smallest absolute Gasteiger partial charge is 0.350 e. The quantitative estimate of drug-likeness (QED) is 0.403. The number of thiophene rings is 1. The van der Waals surface area contributed by atoms with Crippen molar-refractivity contribution in [3.05, 3.63) is 57.4 Å². The van der Waals surface area contributed by atoms with Gasteiger partial charge in [0.25, 0.3) is 0 Å². The van der Waals surface area contributed by atoms with Gasteiger partial charge in [0.15, 0.2) is 0 Å². The van der Waals surface area contributed by atoms with E-state index < -0.39 is 15.8 Å². The minimum atomic E-state index is -4.01. The largest absolute Gasteiger partial charge is 0.462 e. The van der Waals surface area contributed by atoms with Crippen LogP contribution in [0.1, 0.15) is 16.6 Å². The van der Waals surface area contributed by atoms with Crippen LogP contribution in [0.5, 0.6) is 0 Å². The molecule has 4 rings (SSSR count). The van der Waals surface area contributed by atoms with Crippen molar-refractivity contribution in [2.75, 3.05) is 17.2 Å². The summed E-state index contributed by atoms with van der Waals surface area (Å²) in [5.74, 6) is -0.673. The number of benzene rings is 2. The first kappa shape index (κ1) is 20.0. The van der Waals surface area contributed by atoms with E-state index in [1.54, 1.807) is 48.2 Å². The van der Waals surface area contributed by atoms with E-state index in [1.807, 2.05) is 0 Å². The molecule has 0 radical (unpaired) electrons. The normalized spacial score (nSPS) is 14.2. The highest BCUT2D eigenvalue weighted by atomic mass is 35.5. The molecule has 2 N–H and O–H groups in total. The molecular formula is C19H14Cl2N2O4S2. The number of nitrogens with zero attached hydrogens (tertiary/aromatic N) is 1. The van der Waals surface area contributed by atoms with Crippen LogP contribution in [-0.2, 0) is 14.6 Å². The molecule has 1 aliphatic rings. The van der Waals surface area contributed by atoms with Gasteiger partial charge in [-0.15, -0.1) is 11.3 Å². The molecular weight excluding hydrogens is 455 g/mol. The van der Waals surface area contributed by atoms with Gasteiger partial charge in [-0.25, -0.2) is 13.2 Å². The lowest BCUT2D eigenvalue weighted by Crippen LogP contribution is -2.21. The average Bonchev–Trinajstić information content (AvgIpc) is 3.01. The Morgan fingerprint density at radius 3 is 2.59 bits per heavy atom. The lowest BCUT2D eigenvalue weighted by Gasteiger charge is -2.31. The highest BCUT2D eigenvalue weighted by Crippen LogP contribution is 2.55. The number of nitrogens with two attached hydrogens (primary N) is 1. The molecule has 0 saturated carbocycles. The van der Waals surface area contributed by atoms with Gasteiger partial charge in [0.2, 0.25) is 9.84 Å². The predicted octanol–water partition coefficient (Wildman–Crippen LogP) is 5.43. The van der Waals surface area contributed by atoms with Gasteiger partial charge in [0, 0.05) is 15.7 Å². The zero-order chi connectivity index (χ0) is 20.9. The van der Waals surface area contributed by atoms with E-state index in [2.05, 4.69) is 0 Å². The summed E-state index contributed by atoms with van der Waals surface area (Å²) in [6.07, 6.45) is 0. The molecule has 2 heterocycles. The van der Waals surface area contributed by atoms with E-state index in [1.165, 1.54) is 6.07 Å². The van der Waals surface area contributed by atoms with Crippen molar-refractivity contribution < 1.29 is 17.9 Å². The van der Waals surface area contributed by atoms with Crippen LogP contribution in [0.2, 0.25) is 10.0 Å². The summed E-state index contributed by atoms with van der Waals surface area (Å²) in [7, 11) is -4.01. The van der Waals surface area contributed by atoms with Crippen molar-refractivity contribution >= 4 is 72.4 Å². The summed E-state index contributed by atoms with van der Waals surface area (Å²) in [5, 5.41) is 1.03. The molecule has 3 aromatic rings. The van der Waals surface area contributed by atoms with E-state index in [4.69, 9.17) is 33.7 Å². The first-order valence-corrected chi connectivity index (χ1v) is 11.5. The third-order valence-electron chi connectivity index (χ3n) is 4.33. The Bertz CT molecular complexity index is 1260. The third-order valence-corrected chi connectivity index (χ3v) is 7.96. The molecule has 6 nitrogen and oxygen atoms in total. The zero-order valence-electron chi connectivity index (χ0n) is 15.0. The number of hydrogen-bond donors (Lipinski definition) is 1. The fraction of sp³-hybridized carbons (Fsp3) is 0.105. The van der Waals surface area contributed by atoms with Gasteiger partial charge in [-0.1, -0.05) is 29.3 Å². The molecule has 1 aliphatic heterocycles. The molecule has 0 aliphatic carbocycles. The topological polar surface area (TPSA) is 89.7 Å². The van der Waals surface area contributed by atoms with Crippen LogP contribution in [0.4, 0.5) is 22.1 Å². The van der Waals surface area contributed by atoms with Gasteiger partial charge < -0.3 is 10.5 Å². The van der Waals surface area contributed by atoms with Crippen molar-refractivity contribution in [3.63, 3.8) is 0 Å². The highest BCUT2D eigenvalue weighted by Gasteiger charge is 2.41. The van der Waals surface area contributed by atoms with Gasteiger partial charge in [-0.2, -0.15) is 0 Å². The molecule has 0 bridgehead atoms. The van der Waals surface area contributed by atoms with Crippen LogP contribution in [-0.4, -0.2) is 21.0 Å². The van der Waals surface area contributed by atoms with Crippen LogP contribution in [0.3, 0.4) is 0 Å². The van der Waals surface area contributed by atoms with Gasteiger partial charge in [-0.3, -0.25) is 4.90 Å². The number of hydrogen-bond acceptors (Lipinski definition) is 7. The fourth-order valence-electron chi connectivity index (χ4n) is 3.15. The number of halogens is 2. The monoisotopic (exact) mass is 468 g/mol. The van der Waals surface area contributed by atoms with Crippen molar-refractivity contribution in [1.82, 2.24) is 0 Å². The van der Waals surface area contributed by atoms with Crippen molar-refractivity contribution in [2.24, 2.45) is 0 Å². The second-order valence-corrected chi connectivity index (χ2v) is 9.86. The number of rotatable bonds is 3. The summed E-state index contributed by atoms with van der Waals surface area (Å²) in [6, 6.07) is 11.5. The number of nitrogen functional groups attached to an aromatic ring is 1. The van der Waals surface area contributed by atoms with Crippen molar-refractivity contribution in [2.45, 2.75) is 16.7 Å². The number of carbonyl (C=O) groups excluding carboxylic acids is 1. The summed E-state index contributed by atoms with van der Waals surface area (Å²) in [5.41, 5.74) is 7.01. The summed E-state index contributed by atoms with van der Waals surface area (Å²) in [6.45, 7) is 1.80. The summed E-state index contributed by atoms with van der Waals surface area (Å²) < 4.78 is 31.8. The maximum absolute atomic E-state index is 13.4. The van der Waals surface area contributed by atoms with Crippen molar-refractivity contribution in [1.29, 1.82) is 0 Å². The predicted molar refractivity (Wildman–Crippen MR) is 115 cm³/mol. The van der Waals surface area contributed by atoms with Crippen LogP contribution >= 0.6 is 34.5 Å². The Kier molecular flexibility index (Phi) is 4.98. The molecule has 0 unspecified atom stereocenters. The number of sulfone groups is 1. The van der Waals surface area contributed by atoms with Crippen LogP contribution < -0.4 is 10.6 Å². The lowest BCUT2D eigenvalue weighted by atomic mass is 10.2. The number of esters is 1. The van der Waals surface area contributed by atoms with E-state index in [-0.39, 0.29) is 32.0 Å². The molecule has 29 heavy (non-hydrogen) atoms. The third kappa shape index (κ3) is 3.16. The molecule has 0 amide bonds. The molecule has 1 aromatic heterocycles. The molecule has 0 saturated heterocycles. The molecule has 0 atom stereocenters. The minimum Gasteiger partial charge on any atom is -0.462 e. The molecule has 0 spiro atoms. The second kappa shape index (κ2) is 7.21. The average molecular weight is 469 g/mol. The van der Waals surface area contributed by atoms with Crippen LogP contribution in [0, 0.1) is 0 Å². The Balaban J connectivity index is 2.07. The van der Waals surface area contributed by atoms with Crippen LogP contribution in [0.25, 0.3) is 0 Å². The lowest BCUT2D eigenvalue weighted by molar-refractivity contribution is 0.0533. The van der Waals surface area contributed by atoms with Gasteiger partial charge in [-0.05, 0) is 43.3 Å². The zero-order valence-corrected chi connectivity index (χ0v) is 18.1. The highest BCUT2D eigenvalue weighted by molar-refractivity contribution is 7.92. The number of ether oxygens (including phenoxy) is 1. The first-order chi connectivity index (χ1) is 13.8. The Morgan fingerprint density at radius 2 is 1.90 bits per heavy atom. The number of carbonyl (C=O) groups is 1. The Hall–Kier alpha value is -2.26. The van der Waals surface area contributed by atoms with E-state index in [9.17, 15) is 13.2 Å². The van der Waals surface area contributed by atoms with E-state index in [0.717, 1.165) is 11.3 Å². The molecule has 2 aromatic carbocycles. The second-order valence-electron chi connectivity index (χ2n) is 6.13. The first-order valence-electron chi connectivity index (χ1n) is 8.45. The van der Waals surface area contributed by atoms with E-state index in [0.29, 0.717) is 21.4 Å². The van der Waals surface area contributed by atoms with Gasteiger partial charge in [0.1, 0.15) is 14.8 Å². The van der Waals surface area contributed by atoms with Crippen LogP contribution in [0.15, 0.2) is 52.3 Å². The number of fused-ring (bicyclic) bond motifs is 2. The fourth-order valence-corrected chi connectivity index (χ4v) is 6.79. The molecule has 0 fully saturated rings. The summed E-state index contributed by atoms with van der Waals surface area (Å²) in [4.78, 5) is 14.0. The summed E-state index contributed by atoms with van der Waals surface area (Å²) >= 11 is 13.2. The Morgan fingerprint density at radius 1 is 1.17 bits per heavy atom. The SMILES string of the molecule is CCOC(=O)c1sc2c(c1N)S(=O)(=O)c1cc(Cl)ccc1N2c1cccc(Cl)c1. The van der Waals surface area contributed by atoms with E-state index >= 15 is 0 Å². The van der Waals surface area contributed by atoms with Gasteiger partial charge >= 0.3 is 5.97 Å². The number of anilines is 4. The standard InChI is InChI=1S/C19H14Cl2N2O4S2/c1-2-27-19(24)16-15(22)17-18(28-16)23(12-5-3-4-10(20)8-12)13-7-6-11(21)9-14(13)29(17,25)26/h3-9H,2,22H2,1H3. The molecule has 10 heteroatoms. The van der Waals surface area contributed by atoms with Gasteiger partial charge in [0.05, 0.1) is 22.9 Å². The Labute approximate surface area is 181 Å². The van der Waals surface area contributed by atoms with Crippen molar-refractivity contribution in [3.8, 4) is 0 Å². The molecule has 150 valence electrons. The maximum atomic E-state index is 13.4. The maximum Gasteiger partial charge on any atom is 0.350 e. The minimum absolute atomic E-state index is 0.00242.